The summed E-state index contributed by atoms with van der Waals surface area (Å²) in [6.07, 6.45) is 6.37. The van der Waals surface area contributed by atoms with Gasteiger partial charge in [0.05, 0.1) is 18.7 Å². The topological polar surface area (TPSA) is 158 Å². The zero-order valence-corrected chi connectivity index (χ0v) is 21.9. The van der Waals surface area contributed by atoms with Gasteiger partial charge in [0.25, 0.3) is 5.91 Å². The fourth-order valence-electron chi connectivity index (χ4n) is 5.44. The molecule has 2 bridgehead atoms. The number of nitrogens with zero attached hydrogens (tertiary/aromatic N) is 3. The molecule has 1 aromatic carbocycles. The fraction of sp³-hybridized carbons (Fsp3) is 0.444. The molecule has 0 saturated heterocycles. The van der Waals surface area contributed by atoms with Gasteiger partial charge < -0.3 is 25.6 Å². The van der Waals surface area contributed by atoms with Gasteiger partial charge >= 0.3 is 18.6 Å². The molecule has 2 aromatic heterocycles. The van der Waals surface area contributed by atoms with Crippen LogP contribution in [-0.2, 0) is 16.1 Å². The number of benzene rings is 1. The van der Waals surface area contributed by atoms with Crippen LogP contribution in [0.2, 0.25) is 0 Å². The Morgan fingerprint density at radius 1 is 1.12 bits per heavy atom. The lowest BCUT2D eigenvalue weighted by molar-refractivity contribution is -0.162. The Bertz CT molecular complexity index is 1370. The number of fused-ring (bicyclic) bond motifs is 4. The van der Waals surface area contributed by atoms with Gasteiger partial charge in [-0.2, -0.15) is 13.9 Å². The van der Waals surface area contributed by atoms with Crippen molar-refractivity contribution < 1.29 is 37.7 Å². The number of aromatic nitrogens is 3. The zero-order chi connectivity index (χ0) is 28.9. The van der Waals surface area contributed by atoms with Crippen LogP contribution in [0.1, 0.15) is 65.1 Å². The van der Waals surface area contributed by atoms with Gasteiger partial charge in [0.2, 0.25) is 0 Å². The van der Waals surface area contributed by atoms with Crippen molar-refractivity contribution in [3.63, 3.8) is 0 Å². The number of aromatic carboxylic acids is 1. The Balaban J connectivity index is 0.000000259. The van der Waals surface area contributed by atoms with Crippen molar-refractivity contribution in [3.05, 3.63) is 59.5 Å². The van der Waals surface area contributed by atoms with E-state index in [4.69, 9.17) is 10.5 Å². The van der Waals surface area contributed by atoms with E-state index < -0.39 is 12.6 Å². The first-order valence-corrected chi connectivity index (χ1v) is 12.8. The molecule has 6 rings (SSSR count). The molecule has 0 unspecified atom stereocenters. The van der Waals surface area contributed by atoms with Crippen molar-refractivity contribution in [2.24, 2.45) is 16.6 Å². The van der Waals surface area contributed by atoms with E-state index in [0.29, 0.717) is 18.7 Å². The van der Waals surface area contributed by atoms with E-state index in [1.807, 2.05) is 0 Å². The number of carbonyl (C=O) groups is 3. The summed E-state index contributed by atoms with van der Waals surface area (Å²) in [4.78, 5) is 40.2. The average Bonchev–Trinajstić information content (AvgIpc) is 3.45. The number of nitrogens with one attached hydrogen (secondary N) is 1. The van der Waals surface area contributed by atoms with Crippen LogP contribution in [-0.4, -0.2) is 57.8 Å². The second kappa shape index (κ2) is 11.9. The predicted octanol–water partition coefficient (Wildman–Crippen LogP) is 3.42. The number of methoxy groups -OCH3 is 1. The van der Waals surface area contributed by atoms with Crippen LogP contribution >= 0.6 is 0 Å². The molecule has 3 fully saturated rings. The number of rotatable bonds is 8. The number of hydrogen-bond donors (Lipinski definition) is 3. The highest BCUT2D eigenvalue weighted by Crippen LogP contribution is 2.57. The van der Waals surface area contributed by atoms with Crippen LogP contribution in [0.25, 0.3) is 5.65 Å². The number of ether oxygens (including phenoxy) is 2. The Kier molecular flexibility index (Phi) is 8.62. The standard InChI is InChI=1S/C19H22N4O5.C8H9F2NO/c1-28-17(27)19-6-3-18(4-7-19,5-8-19)11-20-15(24)13-10-12(16(25)26)22-14-2-9-21-23(13)14;9-8(10)12-7-3-1-2-6(4-7)5-11/h2,9-10H,3-8,11H2,1H3,(H,20,24)(H,25,26);1-4,8H,5,11H2. The number of amides is 1. The van der Waals surface area contributed by atoms with Crippen LogP contribution in [0.3, 0.4) is 0 Å². The maximum absolute atomic E-state index is 12.8. The third kappa shape index (κ3) is 6.19. The molecule has 3 saturated carbocycles. The Morgan fingerprint density at radius 3 is 2.42 bits per heavy atom. The number of hydrogen-bond acceptors (Lipinski definition) is 8. The van der Waals surface area contributed by atoms with Gasteiger partial charge in [0.1, 0.15) is 11.4 Å². The summed E-state index contributed by atoms with van der Waals surface area (Å²) in [5, 5.41) is 16.3. The summed E-state index contributed by atoms with van der Waals surface area (Å²) in [6, 6.07) is 9.12. The molecule has 0 atom stereocenters. The number of carbonyl (C=O) groups excluding carboxylic acids is 2. The Morgan fingerprint density at radius 2 is 1.82 bits per heavy atom. The van der Waals surface area contributed by atoms with E-state index in [0.717, 1.165) is 44.1 Å². The van der Waals surface area contributed by atoms with Gasteiger partial charge in [-0.15, -0.1) is 0 Å². The minimum Gasteiger partial charge on any atom is -0.477 e. The lowest BCUT2D eigenvalue weighted by atomic mass is 9.53. The molecule has 3 aromatic rings. The first kappa shape index (κ1) is 28.9. The van der Waals surface area contributed by atoms with E-state index in [9.17, 15) is 28.3 Å². The molecule has 4 N–H and O–H groups in total. The first-order chi connectivity index (χ1) is 19.1. The van der Waals surface area contributed by atoms with Crippen LogP contribution in [0.4, 0.5) is 8.78 Å². The van der Waals surface area contributed by atoms with Crippen molar-refractivity contribution >= 4 is 23.5 Å². The number of esters is 1. The lowest BCUT2D eigenvalue weighted by Gasteiger charge is -2.51. The van der Waals surface area contributed by atoms with Gasteiger partial charge in [0, 0.05) is 25.2 Å². The summed E-state index contributed by atoms with van der Waals surface area (Å²) in [5.41, 5.74) is 5.94. The molecule has 1 amide bonds. The largest absolute Gasteiger partial charge is 0.477 e. The van der Waals surface area contributed by atoms with Gasteiger partial charge in [0.15, 0.2) is 11.3 Å². The van der Waals surface area contributed by atoms with Crippen molar-refractivity contribution in [2.75, 3.05) is 13.7 Å². The van der Waals surface area contributed by atoms with Crippen LogP contribution in [0.5, 0.6) is 5.75 Å². The van der Waals surface area contributed by atoms with Gasteiger partial charge in [-0.1, -0.05) is 12.1 Å². The van der Waals surface area contributed by atoms with Gasteiger partial charge in [-0.25, -0.2) is 14.3 Å². The smallest absolute Gasteiger partial charge is 0.387 e. The highest BCUT2D eigenvalue weighted by atomic mass is 19.3. The fourth-order valence-corrected chi connectivity index (χ4v) is 5.44. The van der Waals surface area contributed by atoms with E-state index in [-0.39, 0.29) is 39.8 Å². The van der Waals surface area contributed by atoms with Crippen molar-refractivity contribution in [1.29, 1.82) is 0 Å². The molecule has 0 aliphatic heterocycles. The maximum Gasteiger partial charge on any atom is 0.387 e. The zero-order valence-electron chi connectivity index (χ0n) is 21.9. The molecule has 40 heavy (non-hydrogen) atoms. The molecule has 0 spiro atoms. The second-order valence-electron chi connectivity index (χ2n) is 10.1. The van der Waals surface area contributed by atoms with E-state index >= 15 is 0 Å². The Labute approximate surface area is 228 Å². The summed E-state index contributed by atoms with van der Waals surface area (Å²) < 4.78 is 33.9. The number of carboxylic acids is 1. The quantitative estimate of drug-likeness (QED) is 0.352. The first-order valence-electron chi connectivity index (χ1n) is 12.8. The predicted molar refractivity (Wildman–Crippen MR) is 138 cm³/mol. The number of nitrogens with two attached hydrogens (primary N) is 1. The minimum atomic E-state index is -2.78. The van der Waals surface area contributed by atoms with E-state index in [2.05, 4.69) is 20.1 Å². The van der Waals surface area contributed by atoms with Crippen LogP contribution in [0.15, 0.2) is 42.6 Å². The molecular weight excluding hydrogens is 528 g/mol. The summed E-state index contributed by atoms with van der Waals surface area (Å²) in [7, 11) is 1.43. The van der Waals surface area contributed by atoms with Gasteiger partial charge in [-0.05, 0) is 61.6 Å². The minimum absolute atomic E-state index is 0.0304. The normalized spacial score (nSPS) is 21.4. The third-order valence-electron chi connectivity index (χ3n) is 7.81. The number of carboxylic acid groups (broad SMARTS) is 1. The molecule has 13 heteroatoms. The Hall–Kier alpha value is -4.13. The molecule has 2 heterocycles. The van der Waals surface area contributed by atoms with E-state index in [1.54, 1.807) is 18.2 Å². The van der Waals surface area contributed by atoms with E-state index in [1.165, 1.54) is 36.0 Å². The van der Waals surface area contributed by atoms with Crippen molar-refractivity contribution in [2.45, 2.75) is 51.7 Å². The summed E-state index contributed by atoms with van der Waals surface area (Å²) in [6.45, 7) is -1.98. The maximum atomic E-state index is 12.8. The SMILES string of the molecule is COC(=O)C12CCC(CNC(=O)c3cc(C(=O)O)nc4ccnn34)(CC1)CC2.NCc1cccc(OC(F)F)c1. The molecular formula is C27H31F2N5O6. The molecule has 3 aliphatic carbocycles. The molecule has 214 valence electrons. The molecule has 0 radical (unpaired) electrons. The van der Waals surface area contributed by atoms with Crippen molar-refractivity contribution in [3.8, 4) is 5.75 Å². The monoisotopic (exact) mass is 559 g/mol. The molecule has 11 nitrogen and oxygen atoms in total. The second-order valence-corrected chi connectivity index (χ2v) is 10.1. The number of halogens is 2. The van der Waals surface area contributed by atoms with Crippen LogP contribution in [0, 0.1) is 10.8 Å². The number of alkyl halides is 2. The lowest BCUT2D eigenvalue weighted by Crippen LogP contribution is -2.50. The summed E-state index contributed by atoms with van der Waals surface area (Å²) >= 11 is 0. The van der Waals surface area contributed by atoms with Crippen LogP contribution < -0.4 is 15.8 Å². The average molecular weight is 560 g/mol. The highest BCUT2D eigenvalue weighted by Gasteiger charge is 2.53. The molecule has 3 aliphatic rings. The van der Waals surface area contributed by atoms with Gasteiger partial charge in [-0.3, -0.25) is 9.59 Å². The third-order valence-corrected chi connectivity index (χ3v) is 7.81. The van der Waals surface area contributed by atoms with Crippen molar-refractivity contribution in [1.82, 2.24) is 19.9 Å². The summed E-state index contributed by atoms with van der Waals surface area (Å²) in [5.74, 6) is -1.56. The highest BCUT2D eigenvalue weighted by molar-refractivity contribution is 5.96.